The van der Waals surface area contributed by atoms with Crippen molar-refractivity contribution < 1.29 is 76.6 Å². The molecule has 0 atom stereocenters. The number of esters is 6. The van der Waals surface area contributed by atoms with Crippen LogP contribution >= 0.6 is 0 Å². The fourth-order valence-corrected chi connectivity index (χ4v) is 6.81. The van der Waals surface area contributed by atoms with Crippen LogP contribution in [-0.4, -0.2) is 73.3 Å². The fraction of sp³-hybridized carbons (Fsp3) is 0.281. The van der Waals surface area contributed by atoms with Crippen molar-refractivity contribution in [3.05, 3.63) is 168 Å². The molecule has 382 valence electrons. The van der Waals surface area contributed by atoms with Gasteiger partial charge in [0.1, 0.15) is 23.0 Å². The molecule has 5 aromatic carbocycles. The molecule has 1 N–H and O–H groups in total. The van der Waals surface area contributed by atoms with E-state index < -0.39 is 41.8 Å². The first-order valence-electron chi connectivity index (χ1n) is 23.9. The first-order chi connectivity index (χ1) is 35.4. The van der Waals surface area contributed by atoms with E-state index in [1.165, 1.54) is 60.7 Å². The molecule has 0 bridgehead atoms. The van der Waals surface area contributed by atoms with Gasteiger partial charge < -0.3 is 43.0 Å². The Morgan fingerprint density at radius 2 is 0.658 bits per heavy atom. The highest BCUT2D eigenvalue weighted by Gasteiger charge is 2.20. The molecule has 73 heavy (non-hydrogen) atoms. The standard InChI is InChI=1S/C57H58O16/c1-3-51(58)68-37-15-11-7-5-9-13-35-66-45-26-17-40(18-27-45)54(62)70-47-30-21-42(22-31-47)56(64)72-49-34-25-44(53(60)61)39-50(49)73-57(65)43-23-32-48(33-24-43)71-55(63)41-19-28-46(29-20-41)67-36-14-10-6-8-12-16-38-69-52(59)4-2/h3-4,17-34,39H,1-2,5-16,35-38H2,(H,60,61). The number of hydrogen-bond acceptors (Lipinski definition) is 15. The van der Waals surface area contributed by atoms with Gasteiger partial charge in [0.2, 0.25) is 0 Å². The van der Waals surface area contributed by atoms with Crippen molar-refractivity contribution >= 4 is 41.8 Å². The van der Waals surface area contributed by atoms with Crippen LogP contribution in [0, 0.1) is 0 Å². The Kier molecular flexibility index (Phi) is 23.0. The molecule has 0 radical (unpaired) electrons. The quantitative estimate of drug-likeness (QED) is 0.0189. The van der Waals surface area contributed by atoms with E-state index in [9.17, 15) is 38.7 Å². The summed E-state index contributed by atoms with van der Waals surface area (Å²) in [5, 5.41) is 9.62. The molecular formula is C57H58O16. The molecule has 5 aromatic rings. The van der Waals surface area contributed by atoms with Crippen molar-refractivity contribution in [2.24, 2.45) is 0 Å². The maximum absolute atomic E-state index is 13.3. The van der Waals surface area contributed by atoms with E-state index >= 15 is 0 Å². The van der Waals surface area contributed by atoms with Crippen LogP contribution in [0.15, 0.2) is 141 Å². The minimum Gasteiger partial charge on any atom is -0.494 e. The second-order valence-corrected chi connectivity index (χ2v) is 16.3. The molecule has 0 aromatic heterocycles. The van der Waals surface area contributed by atoms with Crippen LogP contribution in [0.5, 0.6) is 34.5 Å². The van der Waals surface area contributed by atoms with Gasteiger partial charge >= 0.3 is 41.8 Å². The van der Waals surface area contributed by atoms with Crippen molar-refractivity contribution in [2.45, 2.75) is 77.0 Å². The predicted octanol–water partition coefficient (Wildman–Crippen LogP) is 11.2. The van der Waals surface area contributed by atoms with Gasteiger partial charge in [0, 0.05) is 12.2 Å². The highest BCUT2D eigenvalue weighted by Crippen LogP contribution is 2.31. The number of aromatic carboxylic acids is 1. The van der Waals surface area contributed by atoms with Gasteiger partial charge in [-0.1, -0.05) is 64.5 Å². The second-order valence-electron chi connectivity index (χ2n) is 16.3. The van der Waals surface area contributed by atoms with Gasteiger partial charge in [-0.2, -0.15) is 0 Å². The maximum atomic E-state index is 13.3. The normalized spacial score (nSPS) is 10.5. The lowest BCUT2D eigenvalue weighted by Gasteiger charge is -2.12. The van der Waals surface area contributed by atoms with E-state index in [0.717, 1.165) is 95.3 Å². The van der Waals surface area contributed by atoms with Crippen LogP contribution in [0.2, 0.25) is 0 Å². The van der Waals surface area contributed by atoms with Crippen LogP contribution < -0.4 is 28.4 Å². The average Bonchev–Trinajstić information content (AvgIpc) is 3.40. The molecule has 16 nitrogen and oxygen atoms in total. The average molecular weight is 999 g/mol. The third kappa shape index (κ3) is 19.7. The molecule has 0 aliphatic heterocycles. The van der Waals surface area contributed by atoms with Crippen LogP contribution in [-0.2, 0) is 19.1 Å². The number of unbranched alkanes of at least 4 members (excludes halogenated alkanes) is 10. The zero-order valence-corrected chi connectivity index (χ0v) is 40.4. The third-order valence-electron chi connectivity index (χ3n) is 10.8. The van der Waals surface area contributed by atoms with Crippen molar-refractivity contribution in [3.8, 4) is 34.5 Å². The molecule has 0 saturated heterocycles. The molecule has 5 rings (SSSR count). The molecule has 0 amide bonds. The van der Waals surface area contributed by atoms with E-state index in [4.69, 9.17) is 37.9 Å². The fourth-order valence-electron chi connectivity index (χ4n) is 6.81. The van der Waals surface area contributed by atoms with Crippen LogP contribution in [0.4, 0.5) is 0 Å². The molecule has 0 aliphatic carbocycles. The predicted molar refractivity (Wildman–Crippen MR) is 268 cm³/mol. The number of carboxylic acids is 1. The molecule has 0 aliphatic rings. The molecule has 0 fully saturated rings. The van der Waals surface area contributed by atoms with Gasteiger partial charge in [0.05, 0.1) is 54.2 Å². The highest BCUT2D eigenvalue weighted by molar-refractivity contribution is 5.96. The van der Waals surface area contributed by atoms with E-state index in [-0.39, 0.29) is 50.8 Å². The monoisotopic (exact) mass is 998 g/mol. The lowest BCUT2D eigenvalue weighted by atomic mass is 10.1. The summed E-state index contributed by atoms with van der Waals surface area (Å²) in [5.41, 5.74) is 0.357. The maximum Gasteiger partial charge on any atom is 0.343 e. The van der Waals surface area contributed by atoms with Crippen molar-refractivity contribution in [1.29, 1.82) is 0 Å². The van der Waals surface area contributed by atoms with E-state index in [1.54, 1.807) is 48.5 Å². The SMILES string of the molecule is C=CC(=O)OCCCCCCCCOc1ccc(C(=O)Oc2ccc(C(=O)Oc3ccc(C(=O)O)cc3OC(=O)c3ccc(OC(=O)c4ccc(OCCCCCCCCOC(=O)C=C)cc4)cc3)cc2)cc1. The third-order valence-corrected chi connectivity index (χ3v) is 10.8. The van der Waals surface area contributed by atoms with Crippen molar-refractivity contribution in [3.63, 3.8) is 0 Å². The Hall–Kier alpha value is -8.53. The summed E-state index contributed by atoms with van der Waals surface area (Å²) in [7, 11) is 0. The Morgan fingerprint density at radius 3 is 1.01 bits per heavy atom. The van der Waals surface area contributed by atoms with Gasteiger partial charge in [-0.15, -0.1) is 0 Å². The molecule has 0 spiro atoms. The van der Waals surface area contributed by atoms with Gasteiger partial charge in [0.25, 0.3) is 0 Å². The zero-order valence-electron chi connectivity index (χ0n) is 40.4. The minimum atomic E-state index is -1.32. The summed E-state index contributed by atoms with van der Waals surface area (Å²) in [6, 6.07) is 27.4. The Morgan fingerprint density at radius 1 is 0.356 bits per heavy atom. The largest absolute Gasteiger partial charge is 0.494 e. The summed E-state index contributed by atoms with van der Waals surface area (Å²) in [6.07, 6.45) is 13.7. The van der Waals surface area contributed by atoms with Crippen LogP contribution in [0.25, 0.3) is 0 Å². The van der Waals surface area contributed by atoms with Gasteiger partial charge in [0.15, 0.2) is 11.5 Å². The van der Waals surface area contributed by atoms with Crippen molar-refractivity contribution in [1.82, 2.24) is 0 Å². The van der Waals surface area contributed by atoms with Crippen LogP contribution in [0.1, 0.15) is 129 Å². The Labute approximate surface area is 423 Å². The zero-order chi connectivity index (χ0) is 52.2. The van der Waals surface area contributed by atoms with Crippen LogP contribution in [0.3, 0.4) is 0 Å². The van der Waals surface area contributed by atoms with Gasteiger partial charge in [-0.05, 0) is 141 Å². The molecule has 0 saturated carbocycles. The number of carbonyl (C=O) groups is 7. The number of ether oxygens (including phenoxy) is 8. The smallest absolute Gasteiger partial charge is 0.343 e. The molecule has 16 heteroatoms. The lowest BCUT2D eigenvalue weighted by molar-refractivity contribution is -0.138. The Bertz CT molecular complexity index is 2640. The lowest BCUT2D eigenvalue weighted by Crippen LogP contribution is -2.14. The Balaban J connectivity index is 1.04. The van der Waals surface area contributed by atoms with Gasteiger partial charge in [-0.25, -0.2) is 33.6 Å². The number of hydrogen-bond donors (Lipinski definition) is 1. The second kappa shape index (κ2) is 30.3. The number of carbonyl (C=O) groups excluding carboxylic acids is 6. The summed E-state index contributed by atoms with van der Waals surface area (Å²) in [6.45, 7) is 8.57. The molecule has 0 heterocycles. The van der Waals surface area contributed by atoms with Gasteiger partial charge in [-0.3, -0.25) is 0 Å². The van der Waals surface area contributed by atoms with E-state index in [2.05, 4.69) is 13.2 Å². The first kappa shape index (κ1) is 55.4. The number of carboxylic acid groups (broad SMARTS) is 1. The summed E-state index contributed by atoms with van der Waals surface area (Å²) >= 11 is 0. The summed E-state index contributed by atoms with van der Waals surface area (Å²) < 4.78 is 43.5. The molecule has 0 unspecified atom stereocenters. The molecular weight excluding hydrogens is 941 g/mol. The van der Waals surface area contributed by atoms with E-state index in [1.807, 2.05) is 0 Å². The van der Waals surface area contributed by atoms with Crippen molar-refractivity contribution in [2.75, 3.05) is 26.4 Å². The summed E-state index contributed by atoms with van der Waals surface area (Å²) in [5.74, 6) is -4.33. The first-order valence-corrected chi connectivity index (χ1v) is 23.9. The topological polar surface area (TPSA) is 214 Å². The minimum absolute atomic E-state index is 0.0120. The number of rotatable bonds is 31. The van der Waals surface area contributed by atoms with E-state index in [0.29, 0.717) is 37.9 Å². The number of benzene rings is 5. The summed E-state index contributed by atoms with van der Waals surface area (Å²) in [4.78, 5) is 86.2. The highest BCUT2D eigenvalue weighted by atomic mass is 16.6.